The molecular weight excluding hydrogens is 1570 g/mol. The van der Waals surface area contributed by atoms with E-state index in [9.17, 15) is 71.1 Å². The number of aliphatic hydroxyl groups excluding tert-OH is 1. The number of carbonyl (C=O) groups is 1. The molecule has 0 aliphatic heterocycles. The van der Waals surface area contributed by atoms with Crippen molar-refractivity contribution in [1.82, 2.24) is 19.1 Å². The molecule has 0 aliphatic rings. The van der Waals surface area contributed by atoms with Crippen LogP contribution < -0.4 is 44.2 Å². The first-order chi connectivity index (χ1) is 51.4. The van der Waals surface area contributed by atoms with Crippen LogP contribution in [0.1, 0.15) is 40.9 Å². The first kappa shape index (κ1) is 87.5. The van der Waals surface area contributed by atoms with Crippen molar-refractivity contribution >= 4 is 66.9 Å². The third-order valence-corrected chi connectivity index (χ3v) is 15.8. The average molecular weight is 1630 g/mol. The van der Waals surface area contributed by atoms with Crippen molar-refractivity contribution in [2.24, 2.45) is 0 Å². The molecule has 0 amide bonds. The number of aryl methyl sites for hydroxylation is 2. The molecule has 0 saturated heterocycles. The molecular formula is C74H61BrCl2F14N6O11. The Kier molecular flexibility index (Phi) is 33.3. The third kappa shape index (κ3) is 21.1. The van der Waals surface area contributed by atoms with E-state index in [4.69, 9.17) is 58.3 Å². The number of methoxy groups -OCH3 is 7. The summed E-state index contributed by atoms with van der Waals surface area (Å²) in [6, 6.07) is 22.5. The molecule has 0 aliphatic carbocycles. The second-order valence-electron chi connectivity index (χ2n) is 21.0. The molecule has 11 rings (SSSR count). The maximum absolute atomic E-state index is 14.4. The Morgan fingerprint density at radius 3 is 1.22 bits per heavy atom. The Labute approximate surface area is 624 Å². The lowest BCUT2D eigenvalue weighted by Gasteiger charge is -2.16. The highest BCUT2D eigenvalue weighted by Gasteiger charge is 2.25. The highest BCUT2D eigenvalue weighted by Crippen LogP contribution is 2.37. The van der Waals surface area contributed by atoms with E-state index in [1.54, 1.807) is 35.8 Å². The predicted octanol–water partition coefficient (Wildman–Crippen LogP) is 18.2. The van der Waals surface area contributed by atoms with Crippen LogP contribution in [0.4, 0.5) is 61.5 Å². The number of pyridine rings is 4. The molecule has 108 heavy (non-hydrogen) atoms. The summed E-state index contributed by atoms with van der Waals surface area (Å²) in [5.74, 6) is -12.7. The van der Waals surface area contributed by atoms with Crippen molar-refractivity contribution in [2.45, 2.75) is 45.3 Å². The zero-order chi connectivity index (χ0) is 80.5. The number of nitrogens with zero attached hydrogens (tertiary/aromatic N) is 5. The number of aliphatic hydroxyl groups is 1. The number of hydrogen-bond donors (Lipinski definition) is 3. The van der Waals surface area contributed by atoms with Crippen LogP contribution in [0.5, 0.6) is 40.2 Å². The number of aromatic carboxylic acids is 1. The van der Waals surface area contributed by atoms with Gasteiger partial charge >= 0.3 is 5.97 Å². The lowest BCUT2D eigenvalue weighted by atomic mass is 10.0. The highest BCUT2D eigenvalue weighted by atomic mass is 79.9. The molecule has 0 unspecified atom stereocenters. The molecule has 572 valence electrons. The van der Waals surface area contributed by atoms with E-state index in [2.05, 4.69) is 44.8 Å². The number of rotatable bonds is 15. The third-order valence-electron chi connectivity index (χ3n) is 14.9. The van der Waals surface area contributed by atoms with Gasteiger partial charge in [0.2, 0.25) is 0 Å². The van der Waals surface area contributed by atoms with Crippen LogP contribution in [-0.4, -0.2) is 85.1 Å². The van der Waals surface area contributed by atoms with E-state index < -0.39 is 111 Å². The number of carboxylic acids is 1. The van der Waals surface area contributed by atoms with Crippen LogP contribution in [0.3, 0.4) is 0 Å². The van der Waals surface area contributed by atoms with Crippen molar-refractivity contribution in [3.63, 3.8) is 0 Å². The number of hydrogen-bond acceptors (Lipinski definition) is 14. The van der Waals surface area contributed by atoms with E-state index in [1.807, 2.05) is 6.92 Å². The fourth-order valence-corrected chi connectivity index (χ4v) is 10.8. The monoisotopic (exact) mass is 1620 g/mol. The van der Waals surface area contributed by atoms with Gasteiger partial charge in [-0.15, -0.1) is 0 Å². The SMILES string of the molecule is CCn1c(=N)c(-c2c(F)ccc(F)c2OC)cc2cnc(Cl)cc21.CCn1c(=O)c(-c2c(F)ccc(F)c2OC)cc2cnc(Cl)cc21.COc1c(F)ccc(F)c1C(=O)O.COc1c(F)ccc(F)c1CBr.COc1c(F)ccc(F)c1CC#N.COc1c(F)ccc(F)c1CO.COc1cc(F)ccc1F. The van der Waals surface area contributed by atoms with Gasteiger partial charge in [-0.05, 0) is 123 Å². The van der Waals surface area contributed by atoms with E-state index in [-0.39, 0.29) is 95.8 Å². The minimum absolute atomic E-state index is 0.00215. The van der Waals surface area contributed by atoms with Crippen molar-refractivity contribution in [3.8, 4) is 68.6 Å². The standard InChI is InChI=1S/C17H14ClF2N3O.C17H13ClF2N2O2.C9H7F2NO.C8H7BrF2O.C8H6F2O3.C8H8F2O2.C7H6F2O/c1-3-23-13-7-14(18)22-8-9(13)6-10(17(23)21)15-11(19)4-5-12(20)16(15)24-2;1-3-22-13-7-14(18)21-8-9(13)6-10(17(22)23)15-11(19)4-5-12(20)16(15)24-2;1-13-9-6(4-5-12)7(10)2-3-8(9)11;1-12-8-5(4-9)6(10)2-3-7(8)11;1-13-7-5(10)3-2-4(9)6(7)8(11)12;1-12-8-5(4-11)6(9)2-3-7(8)10;1-10-7-4-5(8)2-3-6(7)9/h4-8,21H,3H2,1-2H3;4-8H,3H2,1-2H3;2-3H,4H2,1H3;2-3H,4H2,1H3;2-3H,1H3,(H,11,12);2-3,11H,4H2,1H3;2-4H,1H3. The van der Waals surface area contributed by atoms with Crippen LogP contribution in [0.2, 0.25) is 10.3 Å². The summed E-state index contributed by atoms with van der Waals surface area (Å²) in [4.78, 5) is 31.3. The molecule has 34 heteroatoms. The number of nitrogens with one attached hydrogen (secondary N) is 1. The minimum Gasteiger partial charge on any atom is -0.494 e. The molecule has 4 heterocycles. The zero-order valence-electron chi connectivity index (χ0n) is 57.9. The van der Waals surface area contributed by atoms with E-state index in [0.717, 1.165) is 98.1 Å². The van der Waals surface area contributed by atoms with E-state index in [1.165, 1.54) is 65.7 Å². The fourth-order valence-electron chi connectivity index (χ4n) is 9.96. The van der Waals surface area contributed by atoms with Crippen LogP contribution in [0.15, 0.2) is 132 Å². The number of benzene rings is 7. The van der Waals surface area contributed by atoms with Crippen molar-refractivity contribution in [2.75, 3.05) is 49.8 Å². The molecule has 0 saturated carbocycles. The van der Waals surface area contributed by atoms with Gasteiger partial charge < -0.3 is 52.5 Å². The van der Waals surface area contributed by atoms with Gasteiger partial charge in [-0.3, -0.25) is 10.2 Å². The summed E-state index contributed by atoms with van der Waals surface area (Å²) in [5.41, 5.74) is 0.00411. The fraction of sp³-hybridized carbons (Fsp3) is 0.189. The second-order valence-corrected chi connectivity index (χ2v) is 22.4. The molecule has 0 bridgehead atoms. The predicted molar refractivity (Wildman–Crippen MR) is 376 cm³/mol. The average Bonchev–Trinajstić information content (AvgIpc) is 0.762. The number of alkyl halides is 1. The number of aromatic nitrogens is 4. The quantitative estimate of drug-likeness (QED) is 0.0494. The number of carboxylic acid groups (broad SMARTS) is 1. The van der Waals surface area contributed by atoms with Crippen LogP contribution in [0.25, 0.3) is 44.1 Å². The second kappa shape index (κ2) is 41.1. The van der Waals surface area contributed by atoms with Gasteiger partial charge in [-0.2, -0.15) is 5.26 Å². The molecule has 17 nitrogen and oxygen atoms in total. The molecule has 4 aromatic heterocycles. The smallest absolute Gasteiger partial charge is 0.342 e. The first-order valence-corrected chi connectivity index (χ1v) is 32.5. The highest BCUT2D eigenvalue weighted by molar-refractivity contribution is 9.08. The number of halogens is 17. The van der Waals surface area contributed by atoms with Crippen molar-refractivity contribution < 1.29 is 110 Å². The summed E-state index contributed by atoms with van der Waals surface area (Å²) in [6.45, 7) is 3.85. The summed E-state index contributed by atoms with van der Waals surface area (Å²) in [6.07, 6.45) is 2.82. The Hall–Kier alpha value is -11.1. The molecule has 0 spiro atoms. The summed E-state index contributed by atoms with van der Waals surface area (Å²) >= 11 is 14.9. The lowest BCUT2D eigenvalue weighted by Crippen LogP contribution is -2.22. The number of fused-ring (bicyclic) bond motifs is 2. The molecule has 0 atom stereocenters. The van der Waals surface area contributed by atoms with Gasteiger partial charge in [-0.25, -0.2) is 76.2 Å². The Morgan fingerprint density at radius 1 is 0.481 bits per heavy atom. The topological polar surface area (TPSA) is 222 Å². The van der Waals surface area contributed by atoms with Gasteiger partial charge in [0.05, 0.1) is 102 Å². The maximum atomic E-state index is 14.4. The van der Waals surface area contributed by atoms with Gasteiger partial charge in [0.25, 0.3) is 5.56 Å². The summed E-state index contributed by atoms with van der Waals surface area (Å²) < 4.78 is 221. The summed E-state index contributed by atoms with van der Waals surface area (Å²) in [7, 11) is 8.62. The van der Waals surface area contributed by atoms with Crippen LogP contribution in [0, 0.1) is 98.2 Å². The number of nitriles is 1. The Bertz CT molecular complexity index is 4940. The minimum atomic E-state index is -1.56. The zero-order valence-corrected chi connectivity index (χ0v) is 61.0. The largest absolute Gasteiger partial charge is 0.494 e. The van der Waals surface area contributed by atoms with Gasteiger partial charge in [0, 0.05) is 64.3 Å². The van der Waals surface area contributed by atoms with Crippen molar-refractivity contribution in [1.29, 1.82) is 10.7 Å². The maximum Gasteiger partial charge on any atom is 0.342 e. The van der Waals surface area contributed by atoms with Crippen LogP contribution in [-0.2, 0) is 31.4 Å². The van der Waals surface area contributed by atoms with Gasteiger partial charge in [-0.1, -0.05) is 39.1 Å². The molecule has 0 radical (unpaired) electrons. The van der Waals surface area contributed by atoms with Gasteiger partial charge in [0.15, 0.2) is 81.0 Å². The Balaban J connectivity index is 0.000000232. The Morgan fingerprint density at radius 2 is 0.843 bits per heavy atom. The molecule has 7 aromatic carbocycles. The molecule has 3 N–H and O–H groups in total. The normalized spacial score (nSPS) is 10.3. The molecule has 0 fully saturated rings. The van der Waals surface area contributed by atoms with E-state index >= 15 is 0 Å². The van der Waals surface area contributed by atoms with Crippen LogP contribution >= 0.6 is 39.1 Å². The molecule has 11 aromatic rings. The van der Waals surface area contributed by atoms with E-state index in [0.29, 0.717) is 40.0 Å². The first-order valence-electron chi connectivity index (χ1n) is 30.7. The lowest BCUT2D eigenvalue weighted by molar-refractivity contribution is 0.0686. The van der Waals surface area contributed by atoms with Crippen molar-refractivity contribution in [3.05, 3.63) is 257 Å². The number of ether oxygens (including phenoxy) is 7. The summed E-state index contributed by atoms with van der Waals surface area (Å²) in [5, 5.41) is 36.0. The van der Waals surface area contributed by atoms with Gasteiger partial charge in [0.1, 0.15) is 62.1 Å².